The van der Waals surface area contributed by atoms with Gasteiger partial charge in [0.15, 0.2) is 0 Å². The third kappa shape index (κ3) is 3.69. The molecule has 2 bridgehead atoms. The van der Waals surface area contributed by atoms with Gasteiger partial charge in [-0.25, -0.2) is 0 Å². The maximum absolute atomic E-state index is 11.0. The van der Waals surface area contributed by atoms with Crippen LogP contribution in [0.2, 0.25) is 0 Å². The van der Waals surface area contributed by atoms with Crippen LogP contribution in [0.4, 0.5) is 0 Å². The van der Waals surface area contributed by atoms with Gasteiger partial charge in [0.25, 0.3) is 0 Å². The molecule has 28 heavy (non-hydrogen) atoms. The number of benzene rings is 2. The van der Waals surface area contributed by atoms with Gasteiger partial charge in [0.05, 0.1) is 5.60 Å². The van der Waals surface area contributed by atoms with E-state index in [2.05, 4.69) is 35.2 Å². The van der Waals surface area contributed by atoms with Crippen LogP contribution in [0.1, 0.15) is 56.0 Å². The number of ether oxygens (including phenoxy) is 1. The fourth-order valence-corrected chi connectivity index (χ4v) is 4.74. The molecule has 2 saturated heterocycles. The third-order valence-electron chi connectivity index (χ3n) is 6.35. The van der Waals surface area contributed by atoms with Crippen LogP contribution in [0, 0.1) is 6.92 Å². The molecule has 4 heteroatoms. The summed E-state index contributed by atoms with van der Waals surface area (Å²) in [6.07, 6.45) is 2.76. The number of nitrogens with zero attached hydrogens (tertiary/aromatic N) is 1. The molecule has 2 aromatic carbocycles. The van der Waals surface area contributed by atoms with Crippen molar-refractivity contribution >= 4 is 0 Å². The van der Waals surface area contributed by atoms with Gasteiger partial charge in [0.1, 0.15) is 18.6 Å². The Balaban J connectivity index is 1.42. The van der Waals surface area contributed by atoms with Crippen LogP contribution in [-0.2, 0) is 5.41 Å². The zero-order valence-corrected chi connectivity index (χ0v) is 17.1. The molecule has 150 valence electrons. The van der Waals surface area contributed by atoms with Crippen molar-refractivity contribution in [1.82, 2.24) is 4.90 Å². The fourth-order valence-electron chi connectivity index (χ4n) is 4.74. The van der Waals surface area contributed by atoms with E-state index in [4.69, 9.17) is 4.74 Å². The molecule has 0 spiro atoms. The number of fused-ring (bicyclic) bond motifs is 2. The second-order valence-corrected chi connectivity index (χ2v) is 9.20. The molecular formula is C24H31NO3. The summed E-state index contributed by atoms with van der Waals surface area (Å²) >= 11 is 0. The zero-order chi connectivity index (χ0) is 19.9. The van der Waals surface area contributed by atoms with E-state index in [0.717, 1.165) is 42.7 Å². The van der Waals surface area contributed by atoms with Gasteiger partial charge in [-0.05, 0) is 74.3 Å². The number of aliphatic hydroxyl groups excluding tert-OH is 1. The Morgan fingerprint density at radius 1 is 1.18 bits per heavy atom. The third-order valence-corrected chi connectivity index (χ3v) is 6.35. The summed E-state index contributed by atoms with van der Waals surface area (Å²) in [4.78, 5) is 2.25. The van der Waals surface area contributed by atoms with E-state index in [9.17, 15) is 10.2 Å². The summed E-state index contributed by atoms with van der Waals surface area (Å²) in [7, 11) is 0. The molecular weight excluding hydrogens is 350 g/mol. The minimum Gasteiger partial charge on any atom is -0.490 e. The van der Waals surface area contributed by atoms with Crippen molar-refractivity contribution in [1.29, 1.82) is 0 Å². The second-order valence-electron chi connectivity index (χ2n) is 9.20. The normalized spacial score (nSPS) is 25.8. The van der Waals surface area contributed by atoms with E-state index < -0.39 is 11.8 Å². The lowest BCUT2D eigenvalue weighted by Gasteiger charge is -2.59. The van der Waals surface area contributed by atoms with Crippen LogP contribution in [0.25, 0.3) is 0 Å². The lowest BCUT2D eigenvalue weighted by Crippen LogP contribution is -2.60. The molecule has 5 rings (SSSR count). The zero-order valence-electron chi connectivity index (χ0n) is 17.1. The number of rotatable bonds is 6. The minimum absolute atomic E-state index is 0.242. The van der Waals surface area contributed by atoms with E-state index >= 15 is 0 Å². The summed E-state index contributed by atoms with van der Waals surface area (Å²) in [6.45, 7) is 6.59. The van der Waals surface area contributed by atoms with Gasteiger partial charge >= 0.3 is 0 Å². The maximum atomic E-state index is 11.0. The molecule has 3 aliphatic rings. The lowest BCUT2D eigenvalue weighted by atomic mass is 9.57. The summed E-state index contributed by atoms with van der Waals surface area (Å²) in [5.74, 6) is 0.753. The second kappa shape index (κ2) is 7.18. The van der Waals surface area contributed by atoms with Gasteiger partial charge in [-0.3, -0.25) is 4.90 Å². The van der Waals surface area contributed by atoms with Crippen molar-refractivity contribution in [2.75, 3.05) is 13.2 Å². The van der Waals surface area contributed by atoms with Crippen molar-refractivity contribution in [3.63, 3.8) is 0 Å². The van der Waals surface area contributed by atoms with E-state index in [-0.39, 0.29) is 6.61 Å². The molecule has 3 fully saturated rings. The maximum Gasteiger partial charge on any atom is 0.133 e. The van der Waals surface area contributed by atoms with E-state index in [1.165, 1.54) is 5.56 Å². The average molecular weight is 382 g/mol. The largest absolute Gasteiger partial charge is 0.490 e. The Hall–Kier alpha value is -1.88. The molecule has 2 heterocycles. The van der Waals surface area contributed by atoms with Crippen LogP contribution in [0.15, 0.2) is 48.5 Å². The molecule has 2 aliphatic heterocycles. The van der Waals surface area contributed by atoms with Gasteiger partial charge in [-0.15, -0.1) is 0 Å². The first-order chi connectivity index (χ1) is 13.3. The van der Waals surface area contributed by atoms with E-state index in [0.29, 0.717) is 11.5 Å². The van der Waals surface area contributed by atoms with Crippen LogP contribution < -0.4 is 4.74 Å². The molecule has 2 N–H and O–H groups in total. The molecule has 0 aromatic heterocycles. The molecule has 2 aromatic rings. The molecule has 1 saturated carbocycles. The Kier molecular flexibility index (Phi) is 4.98. The van der Waals surface area contributed by atoms with Crippen LogP contribution in [0.5, 0.6) is 5.75 Å². The Morgan fingerprint density at radius 3 is 2.46 bits per heavy atom. The number of aryl methyl sites for hydroxylation is 1. The Bertz CT molecular complexity index is 816. The van der Waals surface area contributed by atoms with E-state index in [1.807, 2.05) is 25.1 Å². The van der Waals surface area contributed by atoms with Crippen LogP contribution in [-0.4, -0.2) is 39.9 Å². The highest BCUT2D eigenvalue weighted by Gasteiger charge is 2.52. The molecule has 1 unspecified atom stereocenters. The number of hydrogen-bond donors (Lipinski definition) is 2. The molecule has 0 amide bonds. The predicted octanol–water partition coefficient (Wildman–Crippen LogP) is 3.94. The highest BCUT2D eigenvalue weighted by molar-refractivity contribution is 5.38. The first-order valence-corrected chi connectivity index (χ1v) is 10.2. The van der Waals surface area contributed by atoms with E-state index in [1.54, 1.807) is 13.8 Å². The quantitative estimate of drug-likeness (QED) is 0.796. The van der Waals surface area contributed by atoms with Gasteiger partial charge in [-0.1, -0.05) is 36.4 Å². The van der Waals surface area contributed by atoms with Gasteiger partial charge in [0.2, 0.25) is 0 Å². The van der Waals surface area contributed by atoms with Crippen LogP contribution >= 0.6 is 0 Å². The molecule has 1 atom stereocenters. The lowest BCUT2D eigenvalue weighted by molar-refractivity contribution is -0.111. The first kappa shape index (κ1) is 19.4. The number of aliphatic hydroxyl groups is 2. The highest BCUT2D eigenvalue weighted by Crippen LogP contribution is 2.53. The molecule has 1 aliphatic carbocycles. The predicted molar refractivity (Wildman–Crippen MR) is 110 cm³/mol. The monoisotopic (exact) mass is 381 g/mol. The summed E-state index contributed by atoms with van der Waals surface area (Å²) < 4.78 is 5.73. The Morgan fingerprint density at radius 2 is 1.89 bits per heavy atom. The van der Waals surface area contributed by atoms with Crippen LogP contribution in [0.3, 0.4) is 0 Å². The minimum atomic E-state index is -0.867. The average Bonchev–Trinajstić information content (AvgIpc) is 2.65. The van der Waals surface area contributed by atoms with Crippen molar-refractivity contribution < 1.29 is 14.9 Å². The van der Waals surface area contributed by atoms with Crippen molar-refractivity contribution in [2.24, 2.45) is 0 Å². The number of piperidine rings is 2. The highest BCUT2D eigenvalue weighted by atomic mass is 16.5. The standard InChI is InChI=1S/C24H31NO3/c1-17-13-18(9-10-21(17)28-16-23(2,3)27)22(26)25-12-11-24(14-20(25)15-24)19-7-5-4-6-8-19/h4-10,13,20,22,26-27H,11-12,14-16H2,1-3H3. The first-order valence-electron chi connectivity index (χ1n) is 10.2. The SMILES string of the molecule is Cc1cc(C(O)N2CCC3(c4ccccc4)CC2C3)ccc1OCC(C)(C)O. The topological polar surface area (TPSA) is 52.9 Å². The van der Waals surface area contributed by atoms with Crippen molar-refractivity contribution in [2.45, 2.75) is 63.3 Å². The number of hydrogen-bond acceptors (Lipinski definition) is 4. The summed E-state index contributed by atoms with van der Waals surface area (Å²) in [5, 5.41) is 20.9. The van der Waals surface area contributed by atoms with Crippen molar-refractivity contribution in [3.8, 4) is 5.75 Å². The fraction of sp³-hybridized carbons (Fsp3) is 0.500. The van der Waals surface area contributed by atoms with Gasteiger partial charge in [-0.2, -0.15) is 0 Å². The van der Waals surface area contributed by atoms with Gasteiger partial charge in [0, 0.05) is 12.6 Å². The summed E-state index contributed by atoms with van der Waals surface area (Å²) in [5.41, 5.74) is 2.78. The smallest absolute Gasteiger partial charge is 0.133 e. The van der Waals surface area contributed by atoms with Crippen molar-refractivity contribution in [3.05, 3.63) is 65.2 Å². The Labute approximate surface area is 167 Å². The van der Waals surface area contributed by atoms with Gasteiger partial charge < -0.3 is 14.9 Å². The molecule has 4 nitrogen and oxygen atoms in total. The molecule has 0 radical (unpaired) electrons. The summed E-state index contributed by atoms with van der Waals surface area (Å²) in [6, 6.07) is 17.1.